The minimum atomic E-state index is -3.59. The van der Waals surface area contributed by atoms with Crippen LogP contribution >= 0.6 is 12.2 Å². The fraction of sp³-hybridized carbons (Fsp3) is 0.429. The monoisotopic (exact) mass is 358 g/mol. The molecule has 0 fully saturated rings. The lowest BCUT2D eigenvalue weighted by Gasteiger charge is -2.23. The summed E-state index contributed by atoms with van der Waals surface area (Å²) in [6, 6.07) is 5.78. The molecule has 0 bridgehead atoms. The lowest BCUT2D eigenvalue weighted by molar-refractivity contribution is 0.0943. The van der Waals surface area contributed by atoms with Gasteiger partial charge in [-0.3, -0.25) is 15.6 Å². The fourth-order valence-electron chi connectivity index (χ4n) is 1.57. The van der Waals surface area contributed by atoms with E-state index in [0.29, 0.717) is 0 Å². The highest BCUT2D eigenvalue weighted by Gasteiger charge is 2.19. The zero-order chi connectivity index (χ0) is 17.8. The van der Waals surface area contributed by atoms with Crippen molar-refractivity contribution in [2.45, 2.75) is 31.2 Å². The summed E-state index contributed by atoms with van der Waals surface area (Å²) in [5, 5.41) is 3.25. The molecule has 0 aliphatic rings. The number of hydrogen-bond donors (Lipinski definition) is 3. The van der Waals surface area contributed by atoms with E-state index in [2.05, 4.69) is 16.2 Å². The second kappa shape index (κ2) is 7.24. The molecule has 0 saturated heterocycles. The van der Waals surface area contributed by atoms with Crippen LogP contribution in [0.5, 0.6) is 0 Å². The first-order chi connectivity index (χ1) is 10.4. The van der Waals surface area contributed by atoms with E-state index >= 15 is 0 Å². The number of carbonyl (C=O) groups excluding carboxylic acids is 1. The van der Waals surface area contributed by atoms with Crippen LogP contribution in [0.15, 0.2) is 29.2 Å². The minimum Gasteiger partial charge on any atom is -0.357 e. The number of hydrogen-bond acceptors (Lipinski definition) is 4. The van der Waals surface area contributed by atoms with Crippen LogP contribution in [0.1, 0.15) is 31.1 Å². The first kappa shape index (κ1) is 19.3. The van der Waals surface area contributed by atoms with E-state index in [9.17, 15) is 13.2 Å². The van der Waals surface area contributed by atoms with Crippen molar-refractivity contribution in [2.24, 2.45) is 0 Å². The zero-order valence-corrected chi connectivity index (χ0v) is 15.4. The van der Waals surface area contributed by atoms with Crippen molar-refractivity contribution in [3.63, 3.8) is 0 Å². The summed E-state index contributed by atoms with van der Waals surface area (Å²) in [6.07, 6.45) is 0. The normalized spacial score (nSPS) is 11.9. The first-order valence-corrected chi connectivity index (χ1v) is 8.69. The van der Waals surface area contributed by atoms with Crippen LogP contribution in [0, 0.1) is 0 Å². The van der Waals surface area contributed by atoms with E-state index < -0.39 is 15.9 Å². The van der Waals surface area contributed by atoms with Crippen molar-refractivity contribution < 1.29 is 13.2 Å². The molecule has 0 spiro atoms. The maximum atomic E-state index is 12.1. The lowest BCUT2D eigenvalue weighted by atomic mass is 10.1. The molecule has 0 radical (unpaired) electrons. The van der Waals surface area contributed by atoms with Gasteiger partial charge in [0.2, 0.25) is 10.0 Å². The Morgan fingerprint density at radius 3 is 2.30 bits per heavy atom. The SMILES string of the molecule is CN(C)S(=O)(=O)c1cccc(C(=O)NNC(=S)NC(C)(C)C)c1. The molecule has 128 valence electrons. The number of sulfonamides is 1. The minimum absolute atomic E-state index is 0.0468. The third-order valence-electron chi connectivity index (χ3n) is 2.65. The highest BCUT2D eigenvalue weighted by atomic mass is 32.2. The van der Waals surface area contributed by atoms with Gasteiger partial charge in [-0.15, -0.1) is 0 Å². The van der Waals surface area contributed by atoms with Crippen LogP contribution in [0.25, 0.3) is 0 Å². The number of rotatable bonds is 3. The average molecular weight is 358 g/mol. The van der Waals surface area contributed by atoms with Crippen molar-refractivity contribution in [2.75, 3.05) is 14.1 Å². The number of amides is 1. The third-order valence-corrected chi connectivity index (χ3v) is 4.67. The third kappa shape index (κ3) is 5.77. The van der Waals surface area contributed by atoms with Gasteiger partial charge in [0.25, 0.3) is 5.91 Å². The Morgan fingerprint density at radius 2 is 1.78 bits per heavy atom. The number of benzene rings is 1. The molecule has 1 aromatic rings. The van der Waals surface area contributed by atoms with Gasteiger partial charge in [0.1, 0.15) is 0 Å². The summed E-state index contributed by atoms with van der Waals surface area (Å²) in [6.45, 7) is 5.79. The molecule has 0 atom stereocenters. The molecule has 1 amide bonds. The second-order valence-corrected chi connectivity index (χ2v) is 8.66. The Bertz CT molecular complexity index is 694. The Labute approximate surface area is 142 Å². The quantitative estimate of drug-likeness (QED) is 0.548. The van der Waals surface area contributed by atoms with Crippen LogP contribution < -0.4 is 16.2 Å². The molecule has 0 unspecified atom stereocenters. The molecule has 23 heavy (non-hydrogen) atoms. The molecule has 0 aliphatic heterocycles. The van der Waals surface area contributed by atoms with E-state index in [1.54, 1.807) is 0 Å². The molecule has 0 saturated carbocycles. The Morgan fingerprint density at radius 1 is 1.17 bits per heavy atom. The maximum absolute atomic E-state index is 12.1. The number of carbonyl (C=O) groups is 1. The summed E-state index contributed by atoms with van der Waals surface area (Å²) in [5.74, 6) is -0.487. The number of thiocarbonyl (C=S) groups is 1. The summed E-state index contributed by atoms with van der Waals surface area (Å²) in [5.41, 5.74) is 4.97. The molecule has 7 nitrogen and oxygen atoms in total. The number of hydrazine groups is 1. The van der Waals surface area contributed by atoms with E-state index in [4.69, 9.17) is 12.2 Å². The van der Waals surface area contributed by atoms with Gasteiger partial charge >= 0.3 is 0 Å². The summed E-state index contributed by atoms with van der Waals surface area (Å²) >= 11 is 5.05. The van der Waals surface area contributed by atoms with Gasteiger partial charge in [-0.1, -0.05) is 6.07 Å². The van der Waals surface area contributed by atoms with Gasteiger partial charge in [-0.25, -0.2) is 12.7 Å². The molecule has 9 heteroatoms. The molecule has 3 N–H and O–H groups in total. The van der Waals surface area contributed by atoms with Gasteiger partial charge < -0.3 is 5.32 Å². The Balaban J connectivity index is 2.81. The van der Waals surface area contributed by atoms with Gasteiger partial charge in [0.15, 0.2) is 5.11 Å². The highest BCUT2D eigenvalue weighted by Crippen LogP contribution is 2.14. The largest absolute Gasteiger partial charge is 0.357 e. The van der Waals surface area contributed by atoms with Crippen molar-refractivity contribution in [3.05, 3.63) is 29.8 Å². The maximum Gasteiger partial charge on any atom is 0.269 e. The van der Waals surface area contributed by atoms with E-state index in [1.807, 2.05) is 20.8 Å². The topological polar surface area (TPSA) is 90.5 Å². The van der Waals surface area contributed by atoms with E-state index in [1.165, 1.54) is 38.4 Å². The van der Waals surface area contributed by atoms with Gasteiger partial charge in [0, 0.05) is 25.2 Å². The van der Waals surface area contributed by atoms with Crippen LogP contribution in [0.3, 0.4) is 0 Å². The predicted molar refractivity (Wildman–Crippen MR) is 93.4 cm³/mol. The van der Waals surface area contributed by atoms with Crippen molar-refractivity contribution in [1.82, 2.24) is 20.5 Å². The zero-order valence-electron chi connectivity index (χ0n) is 13.8. The van der Waals surface area contributed by atoms with Crippen LogP contribution in [0.4, 0.5) is 0 Å². The highest BCUT2D eigenvalue weighted by molar-refractivity contribution is 7.89. The molecule has 1 aromatic carbocycles. The van der Waals surface area contributed by atoms with Gasteiger partial charge in [-0.2, -0.15) is 0 Å². The number of nitrogens with zero attached hydrogens (tertiary/aromatic N) is 1. The predicted octanol–water partition coefficient (Wildman–Crippen LogP) is 0.844. The van der Waals surface area contributed by atoms with E-state index in [0.717, 1.165) is 4.31 Å². The number of nitrogens with one attached hydrogen (secondary N) is 3. The fourth-order valence-corrected chi connectivity index (χ4v) is 2.87. The first-order valence-electron chi connectivity index (χ1n) is 6.84. The molecular formula is C14H22N4O3S2. The van der Waals surface area contributed by atoms with Crippen molar-refractivity contribution >= 4 is 33.3 Å². The lowest BCUT2D eigenvalue weighted by Crippen LogP contribution is -2.52. The van der Waals surface area contributed by atoms with E-state index in [-0.39, 0.29) is 21.1 Å². The Hall–Kier alpha value is -1.71. The molecule has 0 aromatic heterocycles. The molecule has 1 rings (SSSR count). The summed E-state index contributed by atoms with van der Waals surface area (Å²) in [4.78, 5) is 12.1. The smallest absolute Gasteiger partial charge is 0.269 e. The molecule has 0 aliphatic carbocycles. The van der Waals surface area contributed by atoms with Gasteiger partial charge in [-0.05, 0) is 51.2 Å². The van der Waals surface area contributed by atoms with Gasteiger partial charge in [0.05, 0.1) is 4.90 Å². The average Bonchev–Trinajstić information content (AvgIpc) is 2.43. The second-order valence-electron chi connectivity index (χ2n) is 6.10. The summed E-state index contributed by atoms with van der Waals surface area (Å²) < 4.78 is 25.2. The Kier molecular flexibility index (Phi) is 6.09. The molecule has 0 heterocycles. The van der Waals surface area contributed by atoms with Crippen molar-refractivity contribution in [3.8, 4) is 0 Å². The van der Waals surface area contributed by atoms with Crippen LogP contribution in [-0.2, 0) is 10.0 Å². The van der Waals surface area contributed by atoms with Crippen LogP contribution in [0.2, 0.25) is 0 Å². The van der Waals surface area contributed by atoms with Crippen molar-refractivity contribution in [1.29, 1.82) is 0 Å². The standard InChI is InChI=1S/C14H22N4O3S2/c1-14(2,3)15-13(22)17-16-12(19)10-7-6-8-11(9-10)23(20,21)18(4)5/h6-9H,1-5H3,(H,16,19)(H2,15,17,22). The summed E-state index contributed by atoms with van der Waals surface area (Å²) in [7, 11) is -0.732. The van der Waals surface area contributed by atoms with Crippen LogP contribution in [-0.4, -0.2) is 43.4 Å². The molecular weight excluding hydrogens is 336 g/mol.